The van der Waals surface area contributed by atoms with Crippen LogP contribution in [0.2, 0.25) is 0 Å². The second-order valence-corrected chi connectivity index (χ2v) is 12.1. The molecule has 0 radical (unpaired) electrons. The van der Waals surface area contributed by atoms with E-state index in [4.69, 9.17) is 0 Å². The number of alkyl halides is 4. The average Bonchev–Trinajstić information content (AvgIpc) is 3.30. The molecule has 5 rings (SSSR count). The van der Waals surface area contributed by atoms with Crippen molar-refractivity contribution in [3.8, 4) is 0 Å². The second-order valence-electron chi connectivity index (χ2n) is 10.9. The summed E-state index contributed by atoms with van der Waals surface area (Å²) in [5.74, 6) is -4.05. The Morgan fingerprint density at radius 2 is 1.45 bits per heavy atom. The van der Waals surface area contributed by atoms with E-state index in [1.165, 1.54) is 4.90 Å². The molecule has 3 amide bonds. The molecule has 1 heterocycles. The van der Waals surface area contributed by atoms with Crippen LogP contribution in [-0.2, 0) is 19.2 Å². The van der Waals surface area contributed by atoms with Gasteiger partial charge in [-0.25, -0.2) is 0 Å². The number of nitrogens with one attached hydrogen (secondary N) is 1. The van der Waals surface area contributed by atoms with Gasteiger partial charge in [-0.05, 0) is 55.4 Å². The zero-order chi connectivity index (χ0) is 29.1. The number of unbranched alkanes of at least 4 members (excludes halogenated alkanes) is 2. The van der Waals surface area contributed by atoms with Crippen molar-refractivity contribution in [3.05, 3.63) is 71.8 Å². The highest BCUT2D eigenvalue weighted by atomic mass is 79.9. The summed E-state index contributed by atoms with van der Waals surface area (Å²) in [7, 11) is 0. The van der Waals surface area contributed by atoms with Crippen LogP contribution in [0.4, 0.5) is 13.2 Å². The quantitative estimate of drug-likeness (QED) is 0.252. The largest absolute Gasteiger partial charge is 0.471 e. The van der Waals surface area contributed by atoms with Crippen molar-refractivity contribution in [3.63, 3.8) is 0 Å². The molecule has 1 saturated heterocycles. The third-order valence-corrected chi connectivity index (χ3v) is 10.3. The number of halogens is 4. The normalized spacial score (nSPS) is 29.4. The minimum atomic E-state index is -4.94. The first-order chi connectivity index (χ1) is 18.8. The van der Waals surface area contributed by atoms with Crippen LogP contribution in [0.25, 0.3) is 11.1 Å². The molecule has 1 saturated carbocycles. The molecule has 2 fully saturated rings. The van der Waals surface area contributed by atoms with Crippen molar-refractivity contribution in [2.24, 2.45) is 16.7 Å². The van der Waals surface area contributed by atoms with Crippen LogP contribution in [0.5, 0.6) is 0 Å². The van der Waals surface area contributed by atoms with E-state index in [1.54, 1.807) is 13.8 Å². The summed E-state index contributed by atoms with van der Waals surface area (Å²) in [5, 5.41) is 1.82. The molecule has 40 heavy (non-hydrogen) atoms. The number of amides is 3. The molecule has 2 aromatic rings. The zero-order valence-corrected chi connectivity index (χ0v) is 23.6. The maximum Gasteiger partial charge on any atom is 0.471 e. The first-order valence-electron chi connectivity index (χ1n) is 13.1. The van der Waals surface area contributed by atoms with Gasteiger partial charge in [0.2, 0.25) is 11.8 Å². The highest BCUT2D eigenvalue weighted by Crippen LogP contribution is 2.77. The summed E-state index contributed by atoms with van der Waals surface area (Å²) in [6, 6.07) is 18.9. The summed E-state index contributed by atoms with van der Waals surface area (Å²) in [6.45, 7) is 3.41. The first-order valence-corrected chi connectivity index (χ1v) is 13.9. The molecule has 6 nitrogen and oxygen atoms in total. The highest BCUT2D eigenvalue weighted by molar-refractivity contribution is 9.10. The third kappa shape index (κ3) is 3.74. The molecular formula is C30H28BrF3N2O4. The number of Topliss-reactive ketones (excluding diaryl/α,β-unsaturated/α-hetero) is 1. The minimum absolute atomic E-state index is 0.0659. The maximum absolute atomic E-state index is 14.3. The Morgan fingerprint density at radius 3 is 2.00 bits per heavy atom. The fourth-order valence-electron chi connectivity index (χ4n) is 6.94. The van der Waals surface area contributed by atoms with E-state index in [0.717, 1.165) is 22.3 Å². The Morgan fingerprint density at radius 1 is 0.900 bits per heavy atom. The lowest BCUT2D eigenvalue weighted by Gasteiger charge is -2.41. The predicted molar refractivity (Wildman–Crippen MR) is 146 cm³/mol. The number of carbonyl (C=O) groups is 4. The molecule has 4 atom stereocenters. The predicted octanol–water partition coefficient (Wildman–Crippen LogP) is 5.17. The lowest BCUT2D eigenvalue weighted by molar-refractivity contribution is -0.173. The van der Waals surface area contributed by atoms with E-state index in [2.05, 4.69) is 15.9 Å². The number of carbonyl (C=O) groups excluding carboxylic acids is 4. The van der Waals surface area contributed by atoms with Gasteiger partial charge in [0.1, 0.15) is 4.32 Å². The number of benzene rings is 2. The van der Waals surface area contributed by atoms with Gasteiger partial charge in [-0.3, -0.25) is 24.1 Å². The van der Waals surface area contributed by atoms with E-state index in [9.17, 15) is 32.3 Å². The van der Waals surface area contributed by atoms with Crippen molar-refractivity contribution in [1.29, 1.82) is 0 Å². The van der Waals surface area contributed by atoms with Crippen molar-refractivity contribution < 1.29 is 32.3 Å². The van der Waals surface area contributed by atoms with Crippen molar-refractivity contribution in [2.45, 2.75) is 43.6 Å². The highest BCUT2D eigenvalue weighted by Gasteiger charge is 2.85. The number of imide groups is 1. The summed E-state index contributed by atoms with van der Waals surface area (Å²) in [4.78, 5) is 54.5. The van der Waals surface area contributed by atoms with E-state index in [0.29, 0.717) is 12.8 Å². The van der Waals surface area contributed by atoms with E-state index >= 15 is 0 Å². The summed E-state index contributed by atoms with van der Waals surface area (Å²) in [5.41, 5.74) is 0.489. The Balaban J connectivity index is 1.46. The van der Waals surface area contributed by atoms with Gasteiger partial charge in [-0.1, -0.05) is 76.6 Å². The van der Waals surface area contributed by atoms with Crippen LogP contribution in [-0.4, -0.2) is 52.0 Å². The number of hydrogen-bond donors (Lipinski definition) is 1. The van der Waals surface area contributed by atoms with Gasteiger partial charge < -0.3 is 5.32 Å². The minimum Gasteiger partial charge on any atom is -0.348 e. The Hall–Kier alpha value is -3.27. The summed E-state index contributed by atoms with van der Waals surface area (Å²) >= 11 is 3.69. The number of rotatable bonds is 8. The maximum atomic E-state index is 14.3. The van der Waals surface area contributed by atoms with Gasteiger partial charge in [0, 0.05) is 13.1 Å². The third-order valence-electron chi connectivity index (χ3n) is 8.69. The van der Waals surface area contributed by atoms with Gasteiger partial charge >= 0.3 is 12.1 Å². The smallest absolute Gasteiger partial charge is 0.348 e. The Bertz CT molecular complexity index is 1430. The molecule has 0 spiro atoms. The fourth-order valence-corrected chi connectivity index (χ4v) is 8.19. The molecule has 2 bridgehead atoms. The lowest BCUT2D eigenvalue weighted by Crippen LogP contribution is -2.50. The topological polar surface area (TPSA) is 83.6 Å². The van der Waals surface area contributed by atoms with E-state index in [-0.39, 0.29) is 25.3 Å². The number of likely N-dealkylation sites (tertiary alicyclic amines) is 1. The number of nitrogens with zero attached hydrogens (tertiary/aromatic N) is 1. The number of allylic oxidation sites excluding steroid dienone is 2. The van der Waals surface area contributed by atoms with Crippen molar-refractivity contribution >= 4 is 50.6 Å². The van der Waals surface area contributed by atoms with E-state index < -0.39 is 45.0 Å². The zero-order valence-electron chi connectivity index (χ0n) is 22.0. The van der Waals surface area contributed by atoms with Crippen LogP contribution in [0.3, 0.4) is 0 Å². The molecule has 1 N–H and O–H groups in total. The van der Waals surface area contributed by atoms with Crippen LogP contribution >= 0.6 is 15.9 Å². The molecule has 4 unspecified atom stereocenters. The van der Waals surface area contributed by atoms with E-state index in [1.807, 2.05) is 66.0 Å². The average molecular weight is 617 g/mol. The summed E-state index contributed by atoms with van der Waals surface area (Å²) in [6.07, 6.45) is -3.94. The molecule has 2 aliphatic carbocycles. The molecule has 1 aliphatic heterocycles. The summed E-state index contributed by atoms with van der Waals surface area (Å²) < 4.78 is 35.6. The first kappa shape index (κ1) is 28.3. The Kier molecular flexibility index (Phi) is 6.84. The SMILES string of the molecule is CC12C(=O)C(C)(C(c3ccccc3)=C1c1ccccc1)C1(Br)C(=O)N(CCCCCNC(=O)C(F)(F)F)C(=O)C21. The van der Waals surface area contributed by atoms with Crippen LogP contribution in [0.15, 0.2) is 60.7 Å². The van der Waals surface area contributed by atoms with Gasteiger partial charge in [-0.2, -0.15) is 13.2 Å². The Labute approximate surface area is 238 Å². The van der Waals surface area contributed by atoms with Gasteiger partial charge in [-0.15, -0.1) is 0 Å². The van der Waals surface area contributed by atoms with Gasteiger partial charge in [0.25, 0.3) is 0 Å². The molecule has 10 heteroatoms. The number of fused-ring (bicyclic) bond motifs is 5. The molecule has 2 aromatic carbocycles. The fraction of sp³-hybridized carbons (Fsp3) is 0.400. The van der Waals surface area contributed by atoms with Gasteiger partial charge in [0.05, 0.1) is 16.7 Å². The van der Waals surface area contributed by atoms with Crippen LogP contribution < -0.4 is 5.32 Å². The number of hydrogen-bond acceptors (Lipinski definition) is 4. The van der Waals surface area contributed by atoms with Crippen LogP contribution in [0.1, 0.15) is 44.2 Å². The van der Waals surface area contributed by atoms with Crippen LogP contribution in [0, 0.1) is 16.7 Å². The van der Waals surface area contributed by atoms with Crippen molar-refractivity contribution in [1.82, 2.24) is 10.2 Å². The van der Waals surface area contributed by atoms with Crippen molar-refractivity contribution in [2.75, 3.05) is 13.1 Å². The molecular weight excluding hydrogens is 589 g/mol. The lowest BCUT2D eigenvalue weighted by atomic mass is 9.63. The monoisotopic (exact) mass is 616 g/mol. The van der Waals surface area contributed by atoms with Gasteiger partial charge in [0.15, 0.2) is 5.78 Å². The molecule has 210 valence electrons. The molecule has 0 aromatic heterocycles. The number of ketones is 1. The standard InChI is InChI=1S/C30H28BrF3N2O4/c1-27-20(18-12-6-3-7-13-18)21(19-14-8-4-9-15-19)28(2,24(27)38)29(31)22(27)23(37)36(26(29)40)17-11-5-10-16-35-25(39)30(32,33)34/h3-4,6-9,12-15,22H,5,10-11,16-17H2,1-2H3,(H,35,39). The molecule has 3 aliphatic rings. The second kappa shape index (κ2) is 9.68.